The summed E-state index contributed by atoms with van der Waals surface area (Å²) in [5, 5.41) is 0. The van der Waals surface area contributed by atoms with Gasteiger partial charge in [0.15, 0.2) is 0 Å². The van der Waals surface area contributed by atoms with Crippen LogP contribution in [0.5, 0.6) is 5.75 Å². The Morgan fingerprint density at radius 2 is 2.18 bits per heavy atom. The third kappa shape index (κ3) is 5.35. The van der Waals surface area contributed by atoms with Gasteiger partial charge in [-0.05, 0) is 50.8 Å². The van der Waals surface area contributed by atoms with E-state index in [1.807, 2.05) is 20.8 Å². The molecule has 1 aliphatic rings. The molecule has 0 spiro atoms. The van der Waals surface area contributed by atoms with Crippen LogP contribution in [-0.4, -0.2) is 44.0 Å². The van der Waals surface area contributed by atoms with E-state index < -0.39 is 22.0 Å². The van der Waals surface area contributed by atoms with E-state index in [-0.39, 0.29) is 11.0 Å². The Bertz CT molecular complexity index is 790. The molecule has 1 aromatic rings. The van der Waals surface area contributed by atoms with Gasteiger partial charge >= 0.3 is 5.97 Å². The van der Waals surface area contributed by atoms with E-state index in [0.29, 0.717) is 38.2 Å². The fourth-order valence-corrected chi connectivity index (χ4v) is 4.97. The second kappa shape index (κ2) is 10.1. The van der Waals surface area contributed by atoms with Crippen molar-refractivity contribution < 1.29 is 22.7 Å². The lowest BCUT2D eigenvalue weighted by molar-refractivity contribution is -0.147. The lowest BCUT2D eigenvalue weighted by Gasteiger charge is -2.25. The van der Waals surface area contributed by atoms with E-state index in [4.69, 9.17) is 9.47 Å². The molecule has 0 bridgehead atoms. The maximum Gasteiger partial charge on any atom is 0.324 e. The molecule has 0 saturated carbocycles. The monoisotopic (exact) mass is 409 g/mol. The molecule has 7 heteroatoms. The molecule has 0 aromatic heterocycles. The molecule has 0 aliphatic carbocycles. The summed E-state index contributed by atoms with van der Waals surface area (Å²) in [6, 6.07) is 4.24. The van der Waals surface area contributed by atoms with Crippen molar-refractivity contribution in [3.8, 4) is 5.75 Å². The average molecular weight is 410 g/mol. The largest absolute Gasteiger partial charge is 0.489 e. The molecular weight excluding hydrogens is 378 g/mol. The third-order valence-electron chi connectivity index (χ3n) is 4.73. The van der Waals surface area contributed by atoms with Gasteiger partial charge in [-0.1, -0.05) is 25.5 Å². The first kappa shape index (κ1) is 22.4. The molecule has 1 aromatic carbocycles. The SMILES string of the molecule is C=CC[C@H](C)Oc1cc(C)ccc1S(=O)(=O)N1CCC[C@H]1C(=O)OCCCC. The Balaban J connectivity index is 2.30. The molecule has 1 fully saturated rings. The maximum absolute atomic E-state index is 13.4. The molecule has 0 N–H and O–H groups in total. The first-order chi connectivity index (χ1) is 13.3. The zero-order valence-corrected chi connectivity index (χ0v) is 17.8. The van der Waals surface area contributed by atoms with Crippen molar-refractivity contribution in [2.45, 2.75) is 69.9 Å². The highest BCUT2D eigenvalue weighted by Gasteiger charge is 2.41. The maximum atomic E-state index is 13.4. The molecule has 0 unspecified atom stereocenters. The number of carbonyl (C=O) groups is 1. The van der Waals surface area contributed by atoms with Crippen molar-refractivity contribution in [1.82, 2.24) is 4.31 Å². The van der Waals surface area contributed by atoms with Gasteiger partial charge in [0.1, 0.15) is 16.7 Å². The Kier molecular flexibility index (Phi) is 8.07. The summed E-state index contributed by atoms with van der Waals surface area (Å²) in [6.45, 7) is 10.1. The molecule has 1 heterocycles. The molecule has 1 saturated heterocycles. The Labute approximate surface area is 168 Å². The molecule has 28 heavy (non-hydrogen) atoms. The number of hydrogen-bond acceptors (Lipinski definition) is 5. The first-order valence-electron chi connectivity index (χ1n) is 9.88. The van der Waals surface area contributed by atoms with E-state index in [2.05, 4.69) is 6.58 Å². The number of sulfonamides is 1. The molecule has 1 aliphatic heterocycles. The second-order valence-corrected chi connectivity index (χ2v) is 9.06. The quantitative estimate of drug-likeness (QED) is 0.334. The fraction of sp³-hybridized carbons (Fsp3) is 0.571. The van der Waals surface area contributed by atoms with Crippen LogP contribution in [0.25, 0.3) is 0 Å². The van der Waals surface area contributed by atoms with Crippen LogP contribution >= 0.6 is 0 Å². The third-order valence-corrected chi connectivity index (χ3v) is 6.68. The number of esters is 1. The number of ether oxygens (including phenoxy) is 2. The van der Waals surface area contributed by atoms with E-state index in [9.17, 15) is 13.2 Å². The van der Waals surface area contributed by atoms with Gasteiger partial charge in [-0.15, -0.1) is 6.58 Å². The minimum Gasteiger partial charge on any atom is -0.489 e. The zero-order chi connectivity index (χ0) is 20.7. The van der Waals surface area contributed by atoms with E-state index in [1.54, 1.807) is 24.3 Å². The van der Waals surface area contributed by atoms with Crippen LogP contribution in [0.4, 0.5) is 0 Å². The smallest absolute Gasteiger partial charge is 0.324 e. The van der Waals surface area contributed by atoms with Gasteiger partial charge in [0.05, 0.1) is 12.7 Å². The number of carbonyl (C=O) groups excluding carboxylic acids is 1. The van der Waals surface area contributed by atoms with Crippen LogP contribution in [0.1, 0.15) is 51.5 Å². The summed E-state index contributed by atoms with van der Waals surface area (Å²) < 4.78 is 39.2. The molecule has 0 radical (unpaired) electrons. The topological polar surface area (TPSA) is 72.9 Å². The van der Waals surface area contributed by atoms with E-state index in [1.165, 1.54) is 4.31 Å². The average Bonchev–Trinajstić information content (AvgIpc) is 3.12. The van der Waals surface area contributed by atoms with Gasteiger partial charge in [0.2, 0.25) is 10.0 Å². The summed E-state index contributed by atoms with van der Waals surface area (Å²) in [7, 11) is -3.89. The standard InChI is InChI=1S/C21H31NO5S/c1-5-7-14-26-21(23)18-10-8-13-22(18)28(24,25)20-12-11-16(3)15-19(20)27-17(4)9-6-2/h6,11-12,15,17-18H,2,5,7-10,13-14H2,1,3-4H3/t17-,18-/m0/s1. The molecular formula is C21H31NO5S. The minimum atomic E-state index is -3.89. The Hall–Kier alpha value is -1.86. The molecule has 0 amide bonds. The van der Waals surface area contributed by atoms with Gasteiger partial charge in [0, 0.05) is 13.0 Å². The van der Waals surface area contributed by atoms with Gasteiger partial charge in [0.25, 0.3) is 0 Å². The number of nitrogens with zero attached hydrogens (tertiary/aromatic N) is 1. The van der Waals surface area contributed by atoms with Crippen LogP contribution in [0.3, 0.4) is 0 Å². The van der Waals surface area contributed by atoms with Gasteiger partial charge in [-0.3, -0.25) is 4.79 Å². The summed E-state index contributed by atoms with van der Waals surface area (Å²) in [4.78, 5) is 12.5. The van der Waals surface area contributed by atoms with Crippen LogP contribution in [0, 0.1) is 6.92 Å². The minimum absolute atomic E-state index is 0.0854. The summed E-state index contributed by atoms with van der Waals surface area (Å²) in [5.41, 5.74) is 0.900. The predicted octanol–water partition coefficient (Wildman–Crippen LogP) is 3.83. The van der Waals surface area contributed by atoms with Crippen molar-refractivity contribution in [3.05, 3.63) is 36.4 Å². The van der Waals surface area contributed by atoms with Gasteiger partial charge < -0.3 is 9.47 Å². The Morgan fingerprint density at radius 1 is 1.43 bits per heavy atom. The van der Waals surface area contributed by atoms with Crippen LogP contribution in [0.2, 0.25) is 0 Å². The summed E-state index contributed by atoms with van der Waals surface area (Å²) in [5.74, 6) is -0.163. The zero-order valence-electron chi connectivity index (χ0n) is 17.0. The molecule has 156 valence electrons. The van der Waals surface area contributed by atoms with Crippen molar-refractivity contribution in [1.29, 1.82) is 0 Å². The lowest BCUT2D eigenvalue weighted by Crippen LogP contribution is -2.41. The fourth-order valence-electron chi connectivity index (χ4n) is 3.22. The highest BCUT2D eigenvalue weighted by Crippen LogP contribution is 2.33. The highest BCUT2D eigenvalue weighted by molar-refractivity contribution is 7.89. The molecule has 2 rings (SSSR count). The van der Waals surface area contributed by atoms with Crippen LogP contribution < -0.4 is 4.74 Å². The number of hydrogen-bond donors (Lipinski definition) is 0. The predicted molar refractivity (Wildman–Crippen MR) is 109 cm³/mol. The van der Waals surface area contributed by atoms with Crippen molar-refractivity contribution in [3.63, 3.8) is 0 Å². The van der Waals surface area contributed by atoms with Crippen molar-refractivity contribution in [2.24, 2.45) is 0 Å². The molecule has 6 nitrogen and oxygen atoms in total. The van der Waals surface area contributed by atoms with Crippen LogP contribution in [0.15, 0.2) is 35.7 Å². The summed E-state index contributed by atoms with van der Waals surface area (Å²) in [6.07, 6.45) is 4.90. The van der Waals surface area contributed by atoms with E-state index >= 15 is 0 Å². The number of aryl methyl sites for hydroxylation is 1. The van der Waals surface area contributed by atoms with Gasteiger partial charge in [-0.2, -0.15) is 4.31 Å². The van der Waals surface area contributed by atoms with Crippen molar-refractivity contribution >= 4 is 16.0 Å². The summed E-state index contributed by atoms with van der Waals surface area (Å²) >= 11 is 0. The highest BCUT2D eigenvalue weighted by atomic mass is 32.2. The molecule has 2 atom stereocenters. The first-order valence-corrected chi connectivity index (χ1v) is 11.3. The van der Waals surface area contributed by atoms with Crippen LogP contribution in [-0.2, 0) is 19.6 Å². The number of unbranched alkanes of at least 4 members (excludes halogenated alkanes) is 1. The van der Waals surface area contributed by atoms with Crippen molar-refractivity contribution in [2.75, 3.05) is 13.2 Å². The Morgan fingerprint density at radius 3 is 2.86 bits per heavy atom. The van der Waals surface area contributed by atoms with Gasteiger partial charge in [-0.25, -0.2) is 8.42 Å². The number of benzene rings is 1. The lowest BCUT2D eigenvalue weighted by atomic mass is 10.2. The number of rotatable bonds is 10. The van der Waals surface area contributed by atoms with E-state index in [0.717, 1.165) is 18.4 Å². The normalized spacial score (nSPS) is 18.6. The second-order valence-electron chi connectivity index (χ2n) is 7.20.